The molecule has 6 nitrogen and oxygen atoms in total. The fourth-order valence-electron chi connectivity index (χ4n) is 2.25. The number of amides is 1. The van der Waals surface area contributed by atoms with E-state index in [1.807, 2.05) is 0 Å². The van der Waals surface area contributed by atoms with Crippen LogP contribution in [0.5, 0.6) is 0 Å². The molecule has 3 N–H and O–H groups in total. The third-order valence-electron chi connectivity index (χ3n) is 3.45. The van der Waals surface area contributed by atoms with Gasteiger partial charge >= 0.3 is 6.18 Å². The molecule has 1 amide bonds. The van der Waals surface area contributed by atoms with Gasteiger partial charge in [-0.05, 0) is 12.8 Å². The van der Waals surface area contributed by atoms with Gasteiger partial charge < -0.3 is 16.0 Å². The van der Waals surface area contributed by atoms with Crippen molar-refractivity contribution in [3.05, 3.63) is 11.8 Å². The summed E-state index contributed by atoms with van der Waals surface area (Å²) in [4.78, 5) is 20.3. The van der Waals surface area contributed by atoms with Crippen LogP contribution < -0.4 is 16.0 Å². The van der Waals surface area contributed by atoms with Crippen molar-refractivity contribution < 1.29 is 18.0 Å². The summed E-state index contributed by atoms with van der Waals surface area (Å²) in [5.41, 5.74) is 4.24. The number of hydrogen-bond acceptors (Lipinski definition) is 5. The van der Waals surface area contributed by atoms with E-state index in [2.05, 4.69) is 15.3 Å². The van der Waals surface area contributed by atoms with Crippen molar-refractivity contribution in [2.24, 2.45) is 11.7 Å². The van der Waals surface area contributed by atoms with Gasteiger partial charge in [0.25, 0.3) is 0 Å². The first-order chi connectivity index (χ1) is 9.81. The number of nitrogens with zero attached hydrogens (tertiary/aromatic N) is 3. The van der Waals surface area contributed by atoms with Crippen molar-refractivity contribution in [3.8, 4) is 0 Å². The summed E-state index contributed by atoms with van der Waals surface area (Å²) in [6, 6.07) is 0.922. The Balaban J connectivity index is 2.22. The normalized spacial score (nSPS) is 16.9. The van der Waals surface area contributed by atoms with Gasteiger partial charge in [0, 0.05) is 32.1 Å². The Hall–Kier alpha value is -2.06. The van der Waals surface area contributed by atoms with Gasteiger partial charge in [-0.25, -0.2) is 4.98 Å². The van der Waals surface area contributed by atoms with Crippen molar-refractivity contribution in [1.29, 1.82) is 0 Å². The van der Waals surface area contributed by atoms with Crippen molar-refractivity contribution in [3.63, 3.8) is 0 Å². The molecule has 0 aromatic carbocycles. The fourth-order valence-corrected chi connectivity index (χ4v) is 2.25. The van der Waals surface area contributed by atoms with Crippen LogP contribution in [0.25, 0.3) is 0 Å². The maximum Gasteiger partial charge on any atom is 0.433 e. The summed E-state index contributed by atoms with van der Waals surface area (Å²) in [6.07, 6.45) is -3.51. The van der Waals surface area contributed by atoms with Gasteiger partial charge in [-0.3, -0.25) is 4.79 Å². The molecule has 21 heavy (non-hydrogen) atoms. The summed E-state index contributed by atoms with van der Waals surface area (Å²) < 4.78 is 38.5. The van der Waals surface area contributed by atoms with Crippen molar-refractivity contribution >= 4 is 17.7 Å². The molecule has 0 bridgehead atoms. The van der Waals surface area contributed by atoms with Crippen LogP contribution >= 0.6 is 0 Å². The molecule has 0 unspecified atom stereocenters. The largest absolute Gasteiger partial charge is 0.433 e. The highest BCUT2D eigenvalue weighted by molar-refractivity contribution is 5.77. The standard InChI is InChI=1S/C12H16F3N5O/c1-17-11-18-8(12(13,14)15)6-9(19-11)20-4-2-7(3-5-20)10(16)21/h6-7H,2-5H2,1H3,(H2,16,21)(H,17,18,19). The molecular weight excluding hydrogens is 287 g/mol. The maximum absolute atomic E-state index is 12.8. The molecule has 1 aliphatic rings. The van der Waals surface area contributed by atoms with Gasteiger partial charge in [-0.1, -0.05) is 0 Å². The lowest BCUT2D eigenvalue weighted by atomic mass is 9.96. The number of anilines is 2. The fraction of sp³-hybridized carbons (Fsp3) is 0.583. The Morgan fingerprint density at radius 2 is 2.00 bits per heavy atom. The number of aromatic nitrogens is 2. The molecule has 116 valence electrons. The number of halogens is 3. The first-order valence-corrected chi connectivity index (χ1v) is 6.49. The monoisotopic (exact) mass is 303 g/mol. The highest BCUT2D eigenvalue weighted by Crippen LogP contribution is 2.31. The van der Waals surface area contributed by atoms with E-state index in [1.54, 1.807) is 4.90 Å². The minimum absolute atomic E-state index is 0.0863. The number of alkyl halides is 3. The second-order valence-corrected chi connectivity index (χ2v) is 4.85. The van der Waals surface area contributed by atoms with Crippen LogP contribution in [0.1, 0.15) is 18.5 Å². The van der Waals surface area contributed by atoms with Gasteiger partial charge in [-0.15, -0.1) is 0 Å². The molecule has 0 atom stereocenters. The van der Waals surface area contributed by atoms with E-state index in [-0.39, 0.29) is 23.6 Å². The van der Waals surface area contributed by atoms with Crippen LogP contribution in [-0.4, -0.2) is 36.0 Å². The lowest BCUT2D eigenvalue weighted by molar-refractivity contribution is -0.141. The van der Waals surface area contributed by atoms with Crippen molar-refractivity contribution in [2.75, 3.05) is 30.4 Å². The minimum atomic E-state index is -4.53. The van der Waals surface area contributed by atoms with Gasteiger partial charge in [0.1, 0.15) is 5.82 Å². The van der Waals surface area contributed by atoms with E-state index in [0.29, 0.717) is 25.9 Å². The van der Waals surface area contributed by atoms with E-state index in [9.17, 15) is 18.0 Å². The maximum atomic E-state index is 12.8. The molecule has 0 aliphatic carbocycles. The number of hydrogen-bond donors (Lipinski definition) is 2. The SMILES string of the molecule is CNc1nc(N2CCC(C(N)=O)CC2)cc(C(F)(F)F)n1. The predicted octanol–water partition coefficient (Wildman–Crippen LogP) is 1.24. The minimum Gasteiger partial charge on any atom is -0.369 e. The molecule has 1 saturated heterocycles. The number of carbonyl (C=O) groups is 1. The zero-order valence-electron chi connectivity index (χ0n) is 11.4. The molecule has 2 heterocycles. The zero-order valence-corrected chi connectivity index (χ0v) is 11.4. The van der Waals surface area contributed by atoms with E-state index in [4.69, 9.17) is 5.73 Å². The predicted molar refractivity (Wildman–Crippen MR) is 70.7 cm³/mol. The van der Waals surface area contributed by atoms with Gasteiger partial charge in [0.2, 0.25) is 11.9 Å². The summed E-state index contributed by atoms with van der Waals surface area (Å²) >= 11 is 0. The highest BCUT2D eigenvalue weighted by atomic mass is 19.4. The molecule has 0 spiro atoms. The molecule has 9 heteroatoms. The van der Waals surface area contributed by atoms with E-state index in [0.717, 1.165) is 6.07 Å². The third kappa shape index (κ3) is 3.53. The third-order valence-corrected chi connectivity index (χ3v) is 3.45. The molecule has 1 aromatic heterocycles. The topological polar surface area (TPSA) is 84.1 Å². The van der Waals surface area contributed by atoms with Crippen LogP contribution in [0.4, 0.5) is 24.9 Å². The molecule has 2 rings (SSSR count). The molecule has 1 aliphatic heterocycles. The number of rotatable bonds is 3. The highest BCUT2D eigenvalue weighted by Gasteiger charge is 2.34. The van der Waals surface area contributed by atoms with Crippen molar-refractivity contribution in [2.45, 2.75) is 19.0 Å². The number of primary amides is 1. The first-order valence-electron chi connectivity index (χ1n) is 6.49. The number of piperidine rings is 1. The lowest BCUT2D eigenvalue weighted by Crippen LogP contribution is -2.39. The molecule has 1 aromatic rings. The van der Waals surface area contributed by atoms with Crippen molar-refractivity contribution in [1.82, 2.24) is 9.97 Å². The van der Waals surface area contributed by atoms with Gasteiger partial charge in [-0.2, -0.15) is 18.2 Å². The first kappa shape index (κ1) is 15.3. The second-order valence-electron chi connectivity index (χ2n) is 4.85. The second kappa shape index (κ2) is 5.74. The molecule has 0 radical (unpaired) electrons. The summed E-state index contributed by atoms with van der Waals surface area (Å²) in [7, 11) is 1.46. The Morgan fingerprint density at radius 3 is 2.48 bits per heavy atom. The zero-order chi connectivity index (χ0) is 15.6. The van der Waals surface area contributed by atoms with E-state index >= 15 is 0 Å². The van der Waals surface area contributed by atoms with E-state index < -0.39 is 11.9 Å². The van der Waals surface area contributed by atoms with Gasteiger partial charge in [0.05, 0.1) is 0 Å². The Labute approximate surface area is 119 Å². The van der Waals surface area contributed by atoms with E-state index in [1.165, 1.54) is 7.05 Å². The smallest absolute Gasteiger partial charge is 0.369 e. The van der Waals surface area contributed by atoms with Crippen LogP contribution in [0.3, 0.4) is 0 Å². The summed E-state index contributed by atoms with van der Waals surface area (Å²) in [6.45, 7) is 0.871. The Morgan fingerprint density at radius 1 is 1.38 bits per heavy atom. The van der Waals surface area contributed by atoms with Gasteiger partial charge in [0.15, 0.2) is 5.69 Å². The summed E-state index contributed by atoms with van der Waals surface area (Å²) in [5.74, 6) is -0.486. The average Bonchev–Trinajstić information content (AvgIpc) is 2.46. The van der Waals surface area contributed by atoms with Crippen LogP contribution in [0, 0.1) is 5.92 Å². The number of carbonyl (C=O) groups excluding carboxylic acids is 1. The van der Waals surface area contributed by atoms with Crippen LogP contribution in [-0.2, 0) is 11.0 Å². The Kier molecular flexibility index (Phi) is 4.19. The quantitative estimate of drug-likeness (QED) is 0.877. The molecule has 1 fully saturated rings. The average molecular weight is 303 g/mol. The Bertz CT molecular complexity index is 526. The molecule has 0 saturated carbocycles. The van der Waals surface area contributed by atoms with Crippen LogP contribution in [0.15, 0.2) is 6.07 Å². The molecular formula is C12H16F3N5O. The number of nitrogens with two attached hydrogens (primary N) is 1. The summed E-state index contributed by atoms with van der Waals surface area (Å²) in [5, 5.41) is 2.52. The van der Waals surface area contributed by atoms with Crippen LogP contribution in [0.2, 0.25) is 0 Å². The lowest BCUT2D eigenvalue weighted by Gasteiger charge is -2.31. The number of nitrogens with one attached hydrogen (secondary N) is 1.